The van der Waals surface area contributed by atoms with Crippen molar-refractivity contribution in [2.45, 2.75) is 0 Å². The molecule has 0 bridgehead atoms. The van der Waals surface area contributed by atoms with Gasteiger partial charge < -0.3 is 5.21 Å². The lowest BCUT2D eigenvalue weighted by Gasteiger charge is -1.94. The lowest BCUT2D eigenvalue weighted by Crippen LogP contribution is -1.94. The Balaban J connectivity index is 3.06. The first-order valence-corrected chi connectivity index (χ1v) is 3.50. The number of hydrogen-bond donors (Lipinski definition) is 1. The maximum Gasteiger partial charge on any atom is 0.193 e. The van der Waals surface area contributed by atoms with Crippen LogP contribution in [0.4, 0.5) is 0 Å². The van der Waals surface area contributed by atoms with Gasteiger partial charge in [-0.05, 0) is 12.1 Å². The summed E-state index contributed by atoms with van der Waals surface area (Å²) in [5, 5.41) is 11.2. The van der Waals surface area contributed by atoms with E-state index < -0.39 is 0 Å². The van der Waals surface area contributed by atoms with Gasteiger partial charge in [-0.3, -0.25) is 0 Å². The van der Waals surface area contributed by atoms with Gasteiger partial charge in [-0.15, -0.1) is 0 Å². The Labute approximate surface area is 73.3 Å². The molecule has 0 saturated heterocycles. The van der Waals surface area contributed by atoms with Gasteiger partial charge in [-0.25, -0.2) is 4.98 Å². The third-order valence-corrected chi connectivity index (χ3v) is 1.49. The summed E-state index contributed by atoms with van der Waals surface area (Å²) < 4.78 is 0. The third-order valence-electron chi connectivity index (χ3n) is 1.01. The number of halogens is 2. The molecule has 0 unspecified atom stereocenters. The summed E-state index contributed by atoms with van der Waals surface area (Å²) in [4.78, 5) is 3.79. The quantitative estimate of drug-likeness (QED) is 0.319. The van der Waals surface area contributed by atoms with Gasteiger partial charge in [0.1, 0.15) is 10.8 Å². The molecule has 0 atom stereocenters. The Kier molecular flexibility index (Phi) is 2.68. The first kappa shape index (κ1) is 8.30. The van der Waals surface area contributed by atoms with Gasteiger partial charge in [0.25, 0.3) is 0 Å². The predicted octanol–water partition coefficient (Wildman–Crippen LogP) is 2.11. The number of nitrogens with zero attached hydrogens (tertiary/aromatic N) is 2. The van der Waals surface area contributed by atoms with Gasteiger partial charge in [0, 0.05) is 0 Å². The van der Waals surface area contributed by atoms with Crippen molar-refractivity contribution in [2.24, 2.45) is 5.16 Å². The molecule has 1 heterocycles. The zero-order valence-electron chi connectivity index (χ0n) is 5.33. The molecule has 1 N–H and O–H groups in total. The monoisotopic (exact) mass is 190 g/mol. The highest BCUT2D eigenvalue weighted by Gasteiger charge is 2.01. The summed E-state index contributed by atoms with van der Waals surface area (Å²) in [5.74, 6) is 0. The third kappa shape index (κ3) is 2.06. The van der Waals surface area contributed by atoms with E-state index in [9.17, 15) is 0 Å². The van der Waals surface area contributed by atoms with E-state index in [1.807, 2.05) is 0 Å². The molecule has 11 heavy (non-hydrogen) atoms. The molecule has 5 heteroatoms. The molecule has 0 fully saturated rings. The smallest absolute Gasteiger partial charge is 0.193 e. The van der Waals surface area contributed by atoms with Crippen molar-refractivity contribution in [1.82, 2.24) is 4.98 Å². The Hall–Kier alpha value is -0.800. The molecule has 0 aliphatic heterocycles. The second-order valence-corrected chi connectivity index (χ2v) is 2.48. The van der Waals surface area contributed by atoms with Crippen molar-refractivity contribution in [2.75, 3.05) is 0 Å². The minimum absolute atomic E-state index is 0.0764. The lowest BCUT2D eigenvalue weighted by molar-refractivity contribution is 0.320. The largest absolute Gasteiger partial charge is 0.410 e. The number of rotatable bonds is 1. The van der Waals surface area contributed by atoms with Crippen LogP contribution in [0.2, 0.25) is 5.15 Å². The zero-order chi connectivity index (χ0) is 8.27. The SMILES string of the molecule is ON=C(Cl)c1cccc(Cl)n1. The van der Waals surface area contributed by atoms with E-state index in [0.29, 0.717) is 10.8 Å². The summed E-state index contributed by atoms with van der Waals surface area (Å²) in [6.07, 6.45) is 0. The van der Waals surface area contributed by atoms with E-state index in [4.69, 9.17) is 28.4 Å². The van der Waals surface area contributed by atoms with Gasteiger partial charge >= 0.3 is 0 Å². The number of pyridine rings is 1. The molecule has 0 radical (unpaired) electrons. The van der Waals surface area contributed by atoms with Gasteiger partial charge in [-0.2, -0.15) is 0 Å². The summed E-state index contributed by atoms with van der Waals surface area (Å²) in [6, 6.07) is 4.86. The van der Waals surface area contributed by atoms with Crippen molar-refractivity contribution in [1.29, 1.82) is 0 Å². The first-order valence-electron chi connectivity index (χ1n) is 2.74. The van der Waals surface area contributed by atoms with Crippen LogP contribution < -0.4 is 0 Å². The van der Waals surface area contributed by atoms with E-state index in [0.717, 1.165) is 0 Å². The number of oxime groups is 1. The molecule has 0 aliphatic rings. The predicted molar refractivity (Wildman–Crippen MR) is 43.4 cm³/mol. The van der Waals surface area contributed by atoms with E-state index in [1.165, 1.54) is 0 Å². The molecule has 0 saturated carbocycles. The fraction of sp³-hybridized carbons (Fsp3) is 0. The minimum atomic E-state index is -0.0764. The summed E-state index contributed by atoms with van der Waals surface area (Å²) in [5.41, 5.74) is 0.349. The highest BCUT2D eigenvalue weighted by Crippen LogP contribution is 2.07. The van der Waals surface area contributed by atoms with Crippen molar-refractivity contribution < 1.29 is 5.21 Å². The van der Waals surface area contributed by atoms with Crippen LogP contribution in [0.5, 0.6) is 0 Å². The molecule has 0 amide bonds. The van der Waals surface area contributed by atoms with E-state index in [2.05, 4.69) is 10.1 Å². The highest BCUT2D eigenvalue weighted by atomic mass is 35.5. The normalized spacial score (nSPS) is 11.6. The van der Waals surface area contributed by atoms with E-state index in [1.54, 1.807) is 18.2 Å². The molecule has 0 spiro atoms. The van der Waals surface area contributed by atoms with Crippen LogP contribution in [-0.2, 0) is 0 Å². The average molecular weight is 191 g/mol. The van der Waals surface area contributed by atoms with Crippen LogP contribution in [0.25, 0.3) is 0 Å². The summed E-state index contributed by atoms with van der Waals surface area (Å²) >= 11 is 11.0. The Bertz CT molecular complexity index is 288. The second kappa shape index (κ2) is 3.55. The van der Waals surface area contributed by atoms with Crippen LogP contribution in [0.15, 0.2) is 23.4 Å². The lowest BCUT2D eigenvalue weighted by atomic mass is 10.4. The van der Waals surface area contributed by atoms with Crippen molar-refractivity contribution in [3.8, 4) is 0 Å². The van der Waals surface area contributed by atoms with Gasteiger partial charge in [-0.1, -0.05) is 34.4 Å². The fourth-order valence-electron chi connectivity index (χ4n) is 0.574. The molecule has 0 aromatic carbocycles. The maximum atomic E-state index is 8.25. The van der Waals surface area contributed by atoms with Gasteiger partial charge in [0.05, 0.1) is 0 Å². The van der Waals surface area contributed by atoms with Crippen molar-refractivity contribution in [3.05, 3.63) is 29.0 Å². The maximum absolute atomic E-state index is 8.25. The zero-order valence-corrected chi connectivity index (χ0v) is 6.84. The highest BCUT2D eigenvalue weighted by molar-refractivity contribution is 6.69. The minimum Gasteiger partial charge on any atom is -0.410 e. The van der Waals surface area contributed by atoms with E-state index in [-0.39, 0.29) is 5.17 Å². The molecule has 1 aromatic rings. The molecule has 1 aromatic heterocycles. The van der Waals surface area contributed by atoms with E-state index >= 15 is 0 Å². The van der Waals surface area contributed by atoms with Crippen LogP contribution in [0, 0.1) is 0 Å². The molecule has 3 nitrogen and oxygen atoms in total. The second-order valence-electron chi connectivity index (χ2n) is 1.74. The Morgan fingerprint density at radius 3 is 2.82 bits per heavy atom. The Morgan fingerprint density at radius 2 is 2.27 bits per heavy atom. The van der Waals surface area contributed by atoms with Crippen molar-refractivity contribution in [3.63, 3.8) is 0 Å². The fourth-order valence-corrected chi connectivity index (χ4v) is 0.843. The topological polar surface area (TPSA) is 45.5 Å². The van der Waals surface area contributed by atoms with Crippen LogP contribution in [0.3, 0.4) is 0 Å². The standard InChI is InChI=1S/C6H4Cl2N2O/c7-5-3-1-2-4(9-5)6(8)10-11/h1-3,11H. The average Bonchev–Trinajstić information content (AvgIpc) is 2.03. The van der Waals surface area contributed by atoms with Crippen LogP contribution >= 0.6 is 23.2 Å². The van der Waals surface area contributed by atoms with Gasteiger partial charge in [0.15, 0.2) is 5.17 Å². The molecular weight excluding hydrogens is 187 g/mol. The molecular formula is C6H4Cl2N2O. The van der Waals surface area contributed by atoms with Crippen LogP contribution in [-0.4, -0.2) is 15.4 Å². The molecule has 1 rings (SSSR count). The number of hydrogen-bond acceptors (Lipinski definition) is 3. The molecule has 0 aliphatic carbocycles. The summed E-state index contributed by atoms with van der Waals surface area (Å²) in [6.45, 7) is 0. The van der Waals surface area contributed by atoms with Crippen LogP contribution in [0.1, 0.15) is 5.69 Å². The Morgan fingerprint density at radius 1 is 1.55 bits per heavy atom. The summed E-state index contributed by atoms with van der Waals surface area (Å²) in [7, 11) is 0. The molecule has 58 valence electrons. The first-order chi connectivity index (χ1) is 5.24. The van der Waals surface area contributed by atoms with Gasteiger partial charge in [0.2, 0.25) is 0 Å². The van der Waals surface area contributed by atoms with Crippen molar-refractivity contribution >= 4 is 28.4 Å². The number of aromatic nitrogens is 1.